The Morgan fingerprint density at radius 2 is 2.16 bits per heavy atom. The Kier molecular flexibility index (Phi) is 5.49. The van der Waals surface area contributed by atoms with E-state index in [9.17, 15) is 18.0 Å². The van der Waals surface area contributed by atoms with Crippen molar-refractivity contribution in [2.45, 2.75) is 17.3 Å². The molecule has 1 aromatic rings. The molecule has 0 heterocycles. The van der Waals surface area contributed by atoms with Crippen molar-refractivity contribution in [3.8, 4) is 6.07 Å². The zero-order valence-corrected chi connectivity index (χ0v) is 12.5. The van der Waals surface area contributed by atoms with E-state index in [0.29, 0.717) is 0 Å². The van der Waals surface area contributed by atoms with Crippen molar-refractivity contribution in [3.05, 3.63) is 26.8 Å². The van der Waals surface area contributed by atoms with Crippen molar-refractivity contribution in [1.29, 1.82) is 5.26 Å². The molecule has 3 nitrogen and oxygen atoms in total. The van der Waals surface area contributed by atoms with Gasteiger partial charge in [-0.3, -0.25) is 0 Å². The number of rotatable bonds is 3. The zero-order valence-electron chi connectivity index (χ0n) is 9.55. The highest BCUT2D eigenvalue weighted by atomic mass is 127. The van der Waals surface area contributed by atoms with Gasteiger partial charge < -0.3 is 4.74 Å². The third-order valence-electron chi connectivity index (χ3n) is 1.90. The summed E-state index contributed by atoms with van der Waals surface area (Å²) in [5.74, 6) is -0.751. The number of carbonyl (C=O) groups excluding carboxylic acids is 1. The molecule has 0 saturated carbocycles. The number of benzene rings is 1. The predicted molar refractivity (Wildman–Crippen MR) is 71.7 cm³/mol. The lowest BCUT2D eigenvalue weighted by atomic mass is 10.1. The summed E-state index contributed by atoms with van der Waals surface area (Å²) in [6.07, 6.45) is 0. The molecule has 0 atom stereocenters. The summed E-state index contributed by atoms with van der Waals surface area (Å²) >= 11 is 1.29. The SMILES string of the molecule is CCOC(=O)c1cc(C#N)c(I)c(SC(F)(F)F)c1. The van der Waals surface area contributed by atoms with E-state index in [1.165, 1.54) is 6.07 Å². The first kappa shape index (κ1) is 16.1. The highest BCUT2D eigenvalue weighted by Gasteiger charge is 2.31. The van der Waals surface area contributed by atoms with Crippen molar-refractivity contribution in [2.75, 3.05) is 6.61 Å². The third kappa shape index (κ3) is 4.58. The monoisotopic (exact) mass is 401 g/mol. The maximum Gasteiger partial charge on any atom is 0.446 e. The zero-order chi connectivity index (χ0) is 14.6. The maximum absolute atomic E-state index is 12.4. The molecule has 1 rings (SSSR count). The number of alkyl halides is 3. The Balaban J connectivity index is 3.27. The first-order valence-electron chi connectivity index (χ1n) is 4.95. The lowest BCUT2D eigenvalue weighted by molar-refractivity contribution is -0.0328. The molecule has 8 heteroatoms. The first-order chi connectivity index (χ1) is 8.78. The van der Waals surface area contributed by atoms with E-state index in [4.69, 9.17) is 10.00 Å². The summed E-state index contributed by atoms with van der Waals surface area (Å²) < 4.78 is 42.1. The van der Waals surface area contributed by atoms with Crippen LogP contribution in [-0.4, -0.2) is 18.1 Å². The molecule has 0 N–H and O–H groups in total. The van der Waals surface area contributed by atoms with E-state index >= 15 is 0 Å². The minimum atomic E-state index is -4.49. The Hall–Kier alpha value is -0.950. The first-order valence-corrected chi connectivity index (χ1v) is 6.84. The number of esters is 1. The fraction of sp³-hybridized carbons (Fsp3) is 0.273. The average molecular weight is 401 g/mol. The highest BCUT2D eigenvalue weighted by Crippen LogP contribution is 2.40. The van der Waals surface area contributed by atoms with Crippen LogP contribution in [0.2, 0.25) is 0 Å². The van der Waals surface area contributed by atoms with E-state index in [1.807, 2.05) is 0 Å². The van der Waals surface area contributed by atoms with Gasteiger partial charge in [0.2, 0.25) is 0 Å². The Bertz CT molecular complexity index is 540. The lowest BCUT2D eigenvalue weighted by Gasteiger charge is -2.10. The quantitative estimate of drug-likeness (QED) is 0.437. The van der Waals surface area contributed by atoms with Gasteiger partial charge in [-0.05, 0) is 53.4 Å². The van der Waals surface area contributed by atoms with Gasteiger partial charge in [0.1, 0.15) is 6.07 Å². The molecular formula is C11H7F3INO2S. The summed E-state index contributed by atoms with van der Waals surface area (Å²) in [5, 5.41) is 8.88. The maximum atomic E-state index is 12.4. The van der Waals surface area contributed by atoms with Crippen LogP contribution in [0, 0.1) is 14.9 Å². The van der Waals surface area contributed by atoms with Gasteiger partial charge in [-0.15, -0.1) is 0 Å². The molecule has 19 heavy (non-hydrogen) atoms. The summed E-state index contributed by atoms with van der Waals surface area (Å²) in [6, 6.07) is 4.07. The standard InChI is InChI=1S/C11H7F3INO2S/c1-2-18-10(17)6-3-7(5-16)9(15)8(4-6)19-11(12,13)14/h3-4H,2H2,1H3. The van der Waals surface area contributed by atoms with Crippen LogP contribution in [-0.2, 0) is 4.74 Å². The molecule has 0 bridgehead atoms. The van der Waals surface area contributed by atoms with Crippen molar-refractivity contribution < 1.29 is 22.7 Å². The molecule has 1 aromatic carbocycles. The summed E-state index contributed by atoms with van der Waals surface area (Å²) in [6.45, 7) is 1.69. The van der Waals surface area contributed by atoms with Crippen molar-refractivity contribution >= 4 is 40.3 Å². The van der Waals surface area contributed by atoms with E-state index in [1.54, 1.807) is 35.6 Å². The van der Waals surface area contributed by atoms with Crippen LogP contribution in [0.25, 0.3) is 0 Å². The van der Waals surface area contributed by atoms with Crippen molar-refractivity contribution in [3.63, 3.8) is 0 Å². The number of carbonyl (C=O) groups is 1. The van der Waals surface area contributed by atoms with Crippen LogP contribution >= 0.6 is 34.4 Å². The van der Waals surface area contributed by atoms with Crippen LogP contribution in [0.4, 0.5) is 13.2 Å². The van der Waals surface area contributed by atoms with Gasteiger partial charge in [0.25, 0.3) is 0 Å². The molecule has 0 aromatic heterocycles. The van der Waals surface area contributed by atoms with Crippen LogP contribution in [0.5, 0.6) is 0 Å². The number of nitrogens with zero attached hydrogens (tertiary/aromatic N) is 1. The van der Waals surface area contributed by atoms with Gasteiger partial charge >= 0.3 is 11.5 Å². The normalized spacial score (nSPS) is 10.9. The van der Waals surface area contributed by atoms with Crippen LogP contribution in [0.15, 0.2) is 17.0 Å². The van der Waals surface area contributed by atoms with Crippen LogP contribution < -0.4 is 0 Å². The minimum Gasteiger partial charge on any atom is -0.462 e. The number of hydrogen-bond donors (Lipinski definition) is 0. The second-order valence-corrected chi connectivity index (χ2v) is 5.40. The predicted octanol–water partition coefficient (Wildman–Crippen LogP) is 3.95. The molecule has 0 amide bonds. The number of thioether (sulfide) groups is 1. The second kappa shape index (κ2) is 6.47. The summed E-state index contributed by atoms with van der Waals surface area (Å²) in [4.78, 5) is 11.3. The van der Waals surface area contributed by atoms with Crippen molar-refractivity contribution in [2.24, 2.45) is 0 Å². The van der Waals surface area contributed by atoms with E-state index in [-0.39, 0.29) is 38.0 Å². The summed E-state index contributed by atoms with van der Waals surface area (Å²) in [7, 11) is 0. The Morgan fingerprint density at radius 1 is 1.53 bits per heavy atom. The number of halogens is 4. The van der Waals surface area contributed by atoms with Gasteiger partial charge in [-0.25, -0.2) is 4.79 Å². The van der Waals surface area contributed by atoms with Crippen molar-refractivity contribution in [1.82, 2.24) is 0 Å². The molecule has 0 fully saturated rings. The van der Waals surface area contributed by atoms with Crippen LogP contribution in [0.1, 0.15) is 22.8 Å². The van der Waals surface area contributed by atoms with E-state index < -0.39 is 11.5 Å². The molecule has 0 aliphatic rings. The fourth-order valence-corrected chi connectivity index (χ4v) is 2.61. The average Bonchev–Trinajstić information content (AvgIpc) is 2.30. The molecule has 0 aliphatic heterocycles. The molecule has 0 spiro atoms. The molecular weight excluding hydrogens is 394 g/mol. The highest BCUT2D eigenvalue weighted by molar-refractivity contribution is 14.1. The van der Waals surface area contributed by atoms with Gasteiger partial charge in [-0.1, -0.05) is 0 Å². The topological polar surface area (TPSA) is 50.1 Å². The third-order valence-corrected chi connectivity index (χ3v) is 4.20. The lowest BCUT2D eigenvalue weighted by Crippen LogP contribution is -2.07. The smallest absolute Gasteiger partial charge is 0.446 e. The molecule has 102 valence electrons. The Labute approximate surface area is 125 Å². The molecule has 0 aliphatic carbocycles. The minimum absolute atomic E-state index is 0.0119. The van der Waals surface area contributed by atoms with Gasteiger partial charge in [0.05, 0.1) is 17.7 Å². The van der Waals surface area contributed by atoms with E-state index in [0.717, 1.165) is 6.07 Å². The number of nitriles is 1. The largest absolute Gasteiger partial charge is 0.462 e. The number of hydrogen-bond acceptors (Lipinski definition) is 4. The van der Waals surface area contributed by atoms with Gasteiger partial charge in [-0.2, -0.15) is 18.4 Å². The van der Waals surface area contributed by atoms with E-state index in [2.05, 4.69) is 0 Å². The van der Waals surface area contributed by atoms with Gasteiger partial charge in [0, 0.05) is 8.47 Å². The molecule has 0 radical (unpaired) electrons. The molecule has 0 saturated heterocycles. The fourth-order valence-electron chi connectivity index (χ4n) is 1.21. The summed E-state index contributed by atoms with van der Waals surface area (Å²) in [5.41, 5.74) is -4.54. The number of ether oxygens (including phenoxy) is 1. The second-order valence-electron chi connectivity index (χ2n) is 3.22. The van der Waals surface area contributed by atoms with Crippen LogP contribution in [0.3, 0.4) is 0 Å². The van der Waals surface area contributed by atoms with Gasteiger partial charge in [0.15, 0.2) is 0 Å². The molecule has 0 unspecified atom stereocenters. The Morgan fingerprint density at radius 3 is 2.63 bits per heavy atom.